The van der Waals surface area contributed by atoms with Crippen molar-refractivity contribution >= 4 is 0 Å². The van der Waals surface area contributed by atoms with Crippen molar-refractivity contribution < 1.29 is 9.26 Å². The van der Waals surface area contributed by atoms with Crippen LogP contribution in [0.2, 0.25) is 0 Å². The molecule has 21 heavy (non-hydrogen) atoms. The Kier molecular flexibility index (Phi) is 4.20. The van der Waals surface area contributed by atoms with Crippen LogP contribution in [-0.2, 0) is 13.0 Å². The highest BCUT2D eigenvalue weighted by Crippen LogP contribution is 2.30. The van der Waals surface area contributed by atoms with Gasteiger partial charge in [-0.1, -0.05) is 37.2 Å². The Balaban J connectivity index is 1.62. The van der Waals surface area contributed by atoms with E-state index in [1.807, 2.05) is 18.2 Å². The number of rotatable bonds is 5. The Bertz CT molecular complexity index is 595. The molecule has 1 aromatic carbocycles. The molecule has 2 aromatic rings. The SMILES string of the molecule is CC(C)CNCc1nc(C2COc3ccccc3C2)no1. The molecule has 3 rings (SSSR count). The summed E-state index contributed by atoms with van der Waals surface area (Å²) in [5.74, 6) is 3.13. The molecule has 0 saturated heterocycles. The maximum Gasteiger partial charge on any atom is 0.240 e. The third kappa shape index (κ3) is 3.42. The van der Waals surface area contributed by atoms with Crippen molar-refractivity contribution in [2.75, 3.05) is 13.2 Å². The zero-order chi connectivity index (χ0) is 14.7. The highest BCUT2D eigenvalue weighted by Gasteiger charge is 2.25. The van der Waals surface area contributed by atoms with E-state index in [0.29, 0.717) is 25.0 Å². The predicted molar refractivity (Wildman–Crippen MR) is 79.2 cm³/mol. The molecule has 0 amide bonds. The van der Waals surface area contributed by atoms with Gasteiger partial charge in [-0.2, -0.15) is 4.98 Å². The molecule has 0 bridgehead atoms. The van der Waals surface area contributed by atoms with E-state index in [0.717, 1.165) is 24.5 Å². The molecule has 5 heteroatoms. The first-order valence-electron chi connectivity index (χ1n) is 7.46. The molecular weight excluding hydrogens is 266 g/mol. The van der Waals surface area contributed by atoms with E-state index in [4.69, 9.17) is 9.26 Å². The number of hydrogen-bond acceptors (Lipinski definition) is 5. The molecule has 0 spiro atoms. The van der Waals surface area contributed by atoms with Crippen LogP contribution in [0.1, 0.15) is 37.0 Å². The fourth-order valence-corrected chi connectivity index (χ4v) is 2.47. The minimum absolute atomic E-state index is 0.169. The third-order valence-corrected chi connectivity index (χ3v) is 3.56. The topological polar surface area (TPSA) is 60.2 Å². The molecule has 1 atom stereocenters. The summed E-state index contributed by atoms with van der Waals surface area (Å²) >= 11 is 0. The number of nitrogens with one attached hydrogen (secondary N) is 1. The zero-order valence-corrected chi connectivity index (χ0v) is 12.5. The monoisotopic (exact) mass is 287 g/mol. The van der Waals surface area contributed by atoms with Crippen molar-refractivity contribution in [2.24, 2.45) is 5.92 Å². The first kappa shape index (κ1) is 14.1. The summed E-state index contributed by atoms with van der Waals surface area (Å²) in [6.45, 7) is 6.51. The van der Waals surface area contributed by atoms with Crippen molar-refractivity contribution in [1.29, 1.82) is 0 Å². The van der Waals surface area contributed by atoms with Crippen LogP contribution in [0.4, 0.5) is 0 Å². The lowest BCUT2D eigenvalue weighted by Gasteiger charge is -2.22. The fourth-order valence-electron chi connectivity index (χ4n) is 2.47. The van der Waals surface area contributed by atoms with Gasteiger partial charge in [-0.25, -0.2) is 0 Å². The third-order valence-electron chi connectivity index (χ3n) is 3.56. The van der Waals surface area contributed by atoms with Crippen LogP contribution in [0.15, 0.2) is 28.8 Å². The molecule has 112 valence electrons. The molecule has 1 aliphatic rings. The van der Waals surface area contributed by atoms with Crippen molar-refractivity contribution in [3.63, 3.8) is 0 Å². The van der Waals surface area contributed by atoms with E-state index in [9.17, 15) is 0 Å². The summed E-state index contributed by atoms with van der Waals surface area (Å²) in [4.78, 5) is 4.48. The van der Waals surface area contributed by atoms with E-state index in [1.54, 1.807) is 0 Å². The highest BCUT2D eigenvalue weighted by molar-refractivity contribution is 5.36. The Morgan fingerprint density at radius 1 is 1.33 bits per heavy atom. The van der Waals surface area contributed by atoms with Gasteiger partial charge in [0.25, 0.3) is 0 Å². The highest BCUT2D eigenvalue weighted by atomic mass is 16.5. The Labute approximate surface area is 124 Å². The summed E-state index contributed by atoms with van der Waals surface area (Å²) in [6.07, 6.45) is 0.897. The lowest BCUT2D eigenvalue weighted by atomic mass is 9.96. The molecule has 0 aliphatic carbocycles. The molecule has 1 aliphatic heterocycles. The van der Waals surface area contributed by atoms with Crippen molar-refractivity contribution in [3.8, 4) is 5.75 Å². The van der Waals surface area contributed by atoms with Gasteiger partial charge in [0, 0.05) is 0 Å². The van der Waals surface area contributed by atoms with Crippen molar-refractivity contribution in [1.82, 2.24) is 15.5 Å². The van der Waals surface area contributed by atoms with Gasteiger partial charge in [-0.3, -0.25) is 0 Å². The van der Waals surface area contributed by atoms with Crippen LogP contribution in [-0.4, -0.2) is 23.3 Å². The number of benzene rings is 1. The average Bonchev–Trinajstić information content (AvgIpc) is 2.95. The Morgan fingerprint density at radius 2 is 2.19 bits per heavy atom. The van der Waals surface area contributed by atoms with Crippen LogP contribution < -0.4 is 10.1 Å². The van der Waals surface area contributed by atoms with Gasteiger partial charge in [0.15, 0.2) is 5.82 Å². The summed E-state index contributed by atoms with van der Waals surface area (Å²) in [6, 6.07) is 8.11. The molecular formula is C16H21N3O2. The van der Waals surface area contributed by atoms with Crippen LogP contribution in [0, 0.1) is 5.92 Å². The summed E-state index contributed by atoms with van der Waals surface area (Å²) in [5, 5.41) is 7.41. The first-order chi connectivity index (χ1) is 10.2. The average molecular weight is 287 g/mol. The van der Waals surface area contributed by atoms with E-state index in [2.05, 4.69) is 35.4 Å². The predicted octanol–water partition coefficient (Wildman–Crippen LogP) is 2.53. The zero-order valence-electron chi connectivity index (χ0n) is 12.5. The number of para-hydroxylation sites is 1. The molecule has 5 nitrogen and oxygen atoms in total. The number of hydrogen-bond donors (Lipinski definition) is 1. The minimum atomic E-state index is 0.169. The fraction of sp³-hybridized carbons (Fsp3) is 0.500. The second-order valence-electron chi connectivity index (χ2n) is 5.89. The van der Waals surface area contributed by atoms with E-state index >= 15 is 0 Å². The Morgan fingerprint density at radius 3 is 3.05 bits per heavy atom. The lowest BCUT2D eigenvalue weighted by Crippen LogP contribution is -2.21. The summed E-state index contributed by atoms with van der Waals surface area (Å²) < 4.78 is 11.1. The lowest BCUT2D eigenvalue weighted by molar-refractivity contribution is 0.253. The number of nitrogens with zero attached hydrogens (tertiary/aromatic N) is 2. The molecule has 1 unspecified atom stereocenters. The summed E-state index contributed by atoms with van der Waals surface area (Å²) in [7, 11) is 0. The minimum Gasteiger partial charge on any atom is -0.493 e. The van der Waals surface area contributed by atoms with Gasteiger partial charge in [0.05, 0.1) is 19.1 Å². The number of aromatic nitrogens is 2. The second kappa shape index (κ2) is 6.26. The second-order valence-corrected chi connectivity index (χ2v) is 5.89. The molecule has 1 N–H and O–H groups in total. The molecule has 1 aromatic heterocycles. The normalized spacial score (nSPS) is 17.6. The number of ether oxygens (including phenoxy) is 1. The van der Waals surface area contributed by atoms with E-state index < -0.39 is 0 Å². The van der Waals surface area contributed by atoms with Gasteiger partial charge in [0.1, 0.15) is 5.75 Å². The van der Waals surface area contributed by atoms with Crippen LogP contribution >= 0.6 is 0 Å². The maximum absolute atomic E-state index is 5.78. The van der Waals surface area contributed by atoms with Crippen LogP contribution in [0.5, 0.6) is 5.75 Å². The molecule has 0 radical (unpaired) electrons. The standard InChI is InChI=1S/C16H21N3O2/c1-11(2)8-17-9-15-18-16(19-21-15)13-7-12-5-3-4-6-14(12)20-10-13/h3-6,11,13,17H,7-10H2,1-2H3. The van der Waals surface area contributed by atoms with Gasteiger partial charge >= 0.3 is 0 Å². The molecule has 0 fully saturated rings. The van der Waals surface area contributed by atoms with Crippen molar-refractivity contribution in [2.45, 2.75) is 32.7 Å². The van der Waals surface area contributed by atoms with Crippen molar-refractivity contribution in [3.05, 3.63) is 41.5 Å². The van der Waals surface area contributed by atoms with E-state index in [-0.39, 0.29) is 5.92 Å². The maximum atomic E-state index is 5.78. The first-order valence-corrected chi connectivity index (χ1v) is 7.46. The molecule has 2 heterocycles. The van der Waals surface area contributed by atoms with Gasteiger partial charge < -0.3 is 14.6 Å². The van der Waals surface area contributed by atoms with Gasteiger partial charge in [0.2, 0.25) is 5.89 Å². The van der Waals surface area contributed by atoms with Crippen LogP contribution in [0.25, 0.3) is 0 Å². The summed E-state index contributed by atoms with van der Waals surface area (Å²) in [5.41, 5.74) is 1.21. The number of fused-ring (bicyclic) bond motifs is 1. The van der Waals surface area contributed by atoms with Crippen LogP contribution in [0.3, 0.4) is 0 Å². The van der Waals surface area contributed by atoms with Gasteiger partial charge in [-0.05, 0) is 30.5 Å². The largest absolute Gasteiger partial charge is 0.493 e. The molecule has 0 saturated carbocycles. The van der Waals surface area contributed by atoms with Gasteiger partial charge in [-0.15, -0.1) is 0 Å². The quantitative estimate of drug-likeness (QED) is 0.915. The smallest absolute Gasteiger partial charge is 0.240 e. The van der Waals surface area contributed by atoms with E-state index in [1.165, 1.54) is 5.56 Å². The Hall–Kier alpha value is -1.88.